The first-order chi connectivity index (χ1) is 40.6. The van der Waals surface area contributed by atoms with Gasteiger partial charge >= 0.3 is 0 Å². The molecule has 0 aromatic heterocycles. The van der Waals surface area contributed by atoms with E-state index in [2.05, 4.69) is 19.2 Å². The zero-order chi connectivity index (χ0) is 60.2. The highest BCUT2D eigenvalue weighted by Crippen LogP contribution is 2.30. The third kappa shape index (κ3) is 39.4. The number of carbonyl (C=O) groups is 1. The Morgan fingerprint density at radius 1 is 0.422 bits per heavy atom. The topological polar surface area (TPSA) is 228 Å². The van der Waals surface area contributed by atoms with Gasteiger partial charge in [0.2, 0.25) is 5.91 Å². The number of aliphatic hydroxyl groups excluding tert-OH is 8. The second kappa shape index (κ2) is 54.8. The SMILES string of the molecule is CCCCCCCCCCCCCC/C=C/[C@@H](O)[C@H](CO[C@@H]1O[C@H](CO)[C@@H](O[C@@H]2O[C@H](CO)[C@H](O)C(O)C2O)C(O)C1O)NC(=O)CCCCCCCCCCCCCCCCCCCCCCCCCCCCCCCCCCCCC. The molecule has 0 saturated carbocycles. The van der Waals surface area contributed by atoms with Crippen LogP contribution >= 0.6 is 0 Å². The van der Waals surface area contributed by atoms with Crippen molar-refractivity contribution in [2.75, 3.05) is 19.8 Å². The maximum atomic E-state index is 13.3. The number of carbonyl (C=O) groups excluding carboxylic acids is 1. The van der Waals surface area contributed by atoms with Crippen LogP contribution in [0.1, 0.15) is 328 Å². The molecule has 14 heteroatoms. The van der Waals surface area contributed by atoms with Crippen LogP contribution in [0.5, 0.6) is 0 Å². The number of amides is 1. The molecule has 492 valence electrons. The highest BCUT2D eigenvalue weighted by Gasteiger charge is 2.51. The van der Waals surface area contributed by atoms with Gasteiger partial charge in [-0.1, -0.05) is 315 Å². The molecular weight excluding hydrogens is 1050 g/mol. The number of unbranched alkanes of at least 4 members (excludes halogenated alkanes) is 46. The quantitative estimate of drug-likeness (QED) is 0.0204. The molecule has 0 aromatic rings. The third-order valence-electron chi connectivity index (χ3n) is 17.7. The van der Waals surface area contributed by atoms with E-state index in [1.807, 2.05) is 6.08 Å². The molecule has 2 saturated heterocycles. The fourth-order valence-electron chi connectivity index (χ4n) is 12.1. The van der Waals surface area contributed by atoms with Gasteiger partial charge in [-0.25, -0.2) is 0 Å². The van der Waals surface area contributed by atoms with E-state index in [-0.39, 0.29) is 18.9 Å². The van der Waals surface area contributed by atoms with Crippen molar-refractivity contribution in [3.8, 4) is 0 Å². The van der Waals surface area contributed by atoms with E-state index < -0.39 is 86.8 Å². The zero-order valence-corrected chi connectivity index (χ0v) is 53.5. The second-order valence-electron chi connectivity index (χ2n) is 25.4. The van der Waals surface area contributed by atoms with Crippen molar-refractivity contribution in [3.05, 3.63) is 12.2 Å². The number of ether oxygens (including phenoxy) is 4. The highest BCUT2D eigenvalue weighted by molar-refractivity contribution is 5.76. The summed E-state index contributed by atoms with van der Waals surface area (Å²) in [5, 5.41) is 87.2. The predicted molar refractivity (Wildman–Crippen MR) is 337 cm³/mol. The Kier molecular flexibility index (Phi) is 51.4. The molecule has 0 spiro atoms. The second-order valence-corrected chi connectivity index (χ2v) is 25.4. The minimum Gasteiger partial charge on any atom is -0.394 e. The first kappa shape index (κ1) is 77.8. The summed E-state index contributed by atoms with van der Waals surface area (Å²) in [5.74, 6) is -0.232. The summed E-state index contributed by atoms with van der Waals surface area (Å²) in [6.45, 7) is 2.84. The lowest BCUT2D eigenvalue weighted by atomic mass is 9.97. The van der Waals surface area contributed by atoms with Gasteiger partial charge in [-0.2, -0.15) is 0 Å². The van der Waals surface area contributed by atoms with Crippen molar-refractivity contribution in [1.29, 1.82) is 0 Å². The summed E-state index contributed by atoms with van der Waals surface area (Å²) in [5.41, 5.74) is 0. The first-order valence-corrected chi connectivity index (χ1v) is 35.4. The van der Waals surface area contributed by atoms with E-state index in [1.54, 1.807) is 6.08 Å². The van der Waals surface area contributed by atoms with Crippen LogP contribution in [0, 0.1) is 0 Å². The Balaban J connectivity index is 1.58. The Morgan fingerprint density at radius 3 is 1.11 bits per heavy atom. The molecule has 1 amide bonds. The van der Waals surface area contributed by atoms with Crippen LogP contribution in [0.15, 0.2) is 12.2 Å². The highest BCUT2D eigenvalue weighted by atomic mass is 16.7. The van der Waals surface area contributed by atoms with Crippen LogP contribution in [-0.2, 0) is 23.7 Å². The number of aliphatic hydroxyl groups is 8. The molecule has 2 aliphatic heterocycles. The van der Waals surface area contributed by atoms with E-state index in [9.17, 15) is 45.6 Å². The van der Waals surface area contributed by atoms with E-state index >= 15 is 0 Å². The maximum absolute atomic E-state index is 13.3. The summed E-state index contributed by atoms with van der Waals surface area (Å²) in [6, 6.07) is -0.910. The molecule has 2 heterocycles. The van der Waals surface area contributed by atoms with Crippen LogP contribution in [0.2, 0.25) is 0 Å². The normalized spacial score (nSPS) is 23.8. The number of hydrogen-bond donors (Lipinski definition) is 9. The molecule has 14 nitrogen and oxygen atoms in total. The van der Waals surface area contributed by atoms with Gasteiger partial charge in [0.05, 0.1) is 32.0 Å². The Labute approximate surface area is 507 Å². The average Bonchev–Trinajstić information content (AvgIpc) is 3.61. The monoisotopic (exact) mass is 1180 g/mol. The maximum Gasteiger partial charge on any atom is 0.220 e. The van der Waals surface area contributed by atoms with Crippen molar-refractivity contribution in [3.63, 3.8) is 0 Å². The molecule has 0 aliphatic carbocycles. The van der Waals surface area contributed by atoms with Crippen molar-refractivity contribution in [1.82, 2.24) is 5.32 Å². The first-order valence-electron chi connectivity index (χ1n) is 35.4. The fraction of sp³-hybridized carbons (Fsp3) is 0.957. The van der Waals surface area contributed by atoms with Gasteiger partial charge in [0.15, 0.2) is 12.6 Å². The van der Waals surface area contributed by atoms with E-state index in [1.165, 1.54) is 263 Å². The Hall–Kier alpha value is -1.27. The smallest absolute Gasteiger partial charge is 0.220 e. The van der Waals surface area contributed by atoms with Crippen molar-refractivity contribution in [2.45, 2.75) is 402 Å². The van der Waals surface area contributed by atoms with Crippen molar-refractivity contribution in [2.24, 2.45) is 0 Å². The summed E-state index contributed by atoms with van der Waals surface area (Å²) in [4.78, 5) is 13.3. The molecule has 12 atom stereocenters. The summed E-state index contributed by atoms with van der Waals surface area (Å²) in [6.07, 6.45) is 50.1. The molecule has 83 heavy (non-hydrogen) atoms. The van der Waals surface area contributed by atoms with Crippen LogP contribution in [0.25, 0.3) is 0 Å². The predicted octanol–water partition coefficient (Wildman–Crippen LogP) is 14.2. The molecule has 0 aromatic carbocycles. The summed E-state index contributed by atoms with van der Waals surface area (Å²) in [7, 11) is 0. The van der Waals surface area contributed by atoms with E-state index in [4.69, 9.17) is 18.9 Å². The lowest BCUT2D eigenvalue weighted by Crippen LogP contribution is -2.65. The van der Waals surface area contributed by atoms with Gasteiger partial charge in [-0.3, -0.25) is 4.79 Å². The molecule has 0 radical (unpaired) electrons. The molecular formula is C69H133NO13. The van der Waals surface area contributed by atoms with Gasteiger partial charge in [0.1, 0.15) is 48.8 Å². The molecule has 4 unspecified atom stereocenters. The number of rotatable bonds is 59. The van der Waals surface area contributed by atoms with Gasteiger partial charge in [0.25, 0.3) is 0 Å². The van der Waals surface area contributed by atoms with Crippen molar-refractivity contribution >= 4 is 5.91 Å². The summed E-state index contributed by atoms with van der Waals surface area (Å²) < 4.78 is 22.8. The molecule has 2 rings (SSSR count). The number of allylic oxidation sites excluding steroid dienone is 1. The number of nitrogens with one attached hydrogen (secondary N) is 1. The lowest BCUT2D eigenvalue weighted by Gasteiger charge is -2.46. The van der Waals surface area contributed by atoms with Crippen LogP contribution in [0.3, 0.4) is 0 Å². The molecule has 2 fully saturated rings. The molecule has 9 N–H and O–H groups in total. The summed E-state index contributed by atoms with van der Waals surface area (Å²) >= 11 is 0. The minimum atomic E-state index is -1.79. The minimum absolute atomic E-state index is 0.232. The Bertz CT molecular complexity index is 1440. The Morgan fingerprint density at radius 2 is 0.747 bits per heavy atom. The van der Waals surface area contributed by atoms with Gasteiger partial charge in [-0.05, 0) is 19.3 Å². The molecule has 2 aliphatic rings. The largest absolute Gasteiger partial charge is 0.394 e. The molecule has 0 bridgehead atoms. The number of hydrogen-bond acceptors (Lipinski definition) is 13. The van der Waals surface area contributed by atoms with E-state index in [0.29, 0.717) is 6.42 Å². The third-order valence-corrected chi connectivity index (χ3v) is 17.7. The van der Waals surface area contributed by atoms with Crippen LogP contribution in [-0.4, -0.2) is 140 Å². The van der Waals surface area contributed by atoms with Crippen LogP contribution in [0.4, 0.5) is 0 Å². The van der Waals surface area contributed by atoms with Crippen molar-refractivity contribution < 1.29 is 64.6 Å². The van der Waals surface area contributed by atoms with Crippen LogP contribution < -0.4 is 5.32 Å². The lowest BCUT2D eigenvalue weighted by molar-refractivity contribution is -0.359. The fourth-order valence-corrected chi connectivity index (χ4v) is 12.1. The van der Waals surface area contributed by atoms with E-state index in [0.717, 1.165) is 38.5 Å². The standard InChI is InChI=1S/C69H133NO13/c1-3-5-7-9-11-13-15-17-19-20-21-22-23-24-25-26-27-28-29-30-31-32-33-34-35-36-37-38-39-41-43-45-47-49-51-53-61(74)70-57(58(73)52-50-48-46-44-42-40-18-16-14-12-10-8-6-4-2)56-80-68-66(79)64(77)67(60(55-72)82-68)83-69-65(78)63(76)62(75)59(54-71)81-69/h50,52,57-60,62-69,71-73,75-79H,3-49,51,53-56H2,1-2H3,(H,70,74)/b52-50+/t57-,58+,59+,60+,62-,63?,64?,65?,66?,67+,68+,69-/m0/s1. The van der Waals surface area contributed by atoms with Gasteiger partial charge in [-0.15, -0.1) is 0 Å². The zero-order valence-electron chi connectivity index (χ0n) is 53.5. The average molecular weight is 1180 g/mol. The van der Waals surface area contributed by atoms with Gasteiger partial charge in [0, 0.05) is 6.42 Å². The van der Waals surface area contributed by atoms with Gasteiger partial charge < -0.3 is 65.1 Å².